The van der Waals surface area contributed by atoms with E-state index in [1.165, 1.54) is 6.33 Å². The van der Waals surface area contributed by atoms with Crippen molar-refractivity contribution in [2.45, 2.75) is 0 Å². The summed E-state index contributed by atoms with van der Waals surface area (Å²) in [4.78, 5) is 8.59. The standard InChI is InChI=1S/C18H13ClN6/c19-14-8-6-13(7-9-14)10-22-24-17-16-11-23-25(18(16)21-12-20-17)15-4-2-1-3-5-15/h1-12H,(H,20,21,24). The van der Waals surface area contributed by atoms with Gasteiger partial charge in [0.25, 0.3) is 0 Å². The van der Waals surface area contributed by atoms with E-state index in [2.05, 4.69) is 25.6 Å². The van der Waals surface area contributed by atoms with Gasteiger partial charge in [0.05, 0.1) is 23.5 Å². The Morgan fingerprint density at radius 2 is 1.80 bits per heavy atom. The molecule has 0 spiro atoms. The number of hydrogen-bond acceptors (Lipinski definition) is 5. The van der Waals surface area contributed by atoms with Crippen molar-refractivity contribution >= 4 is 34.7 Å². The van der Waals surface area contributed by atoms with E-state index >= 15 is 0 Å². The summed E-state index contributed by atoms with van der Waals surface area (Å²) in [5.74, 6) is 0.595. The summed E-state index contributed by atoms with van der Waals surface area (Å²) in [6.45, 7) is 0. The number of nitrogens with zero attached hydrogens (tertiary/aromatic N) is 5. The zero-order chi connectivity index (χ0) is 17.1. The fourth-order valence-corrected chi connectivity index (χ4v) is 2.53. The Kier molecular flexibility index (Phi) is 4.10. The molecule has 0 unspecified atom stereocenters. The molecule has 4 aromatic rings. The molecule has 0 amide bonds. The van der Waals surface area contributed by atoms with Crippen molar-refractivity contribution in [2.24, 2.45) is 5.10 Å². The normalized spacial score (nSPS) is 11.2. The SMILES string of the molecule is Clc1ccc(C=NNc2ncnc3c2cnn3-c2ccccc2)cc1. The van der Waals surface area contributed by atoms with Crippen LogP contribution in [0.5, 0.6) is 0 Å². The lowest BCUT2D eigenvalue weighted by atomic mass is 10.2. The van der Waals surface area contributed by atoms with Gasteiger partial charge in [-0.1, -0.05) is 41.9 Å². The number of para-hydroxylation sites is 1. The van der Waals surface area contributed by atoms with E-state index in [-0.39, 0.29) is 0 Å². The Labute approximate surface area is 148 Å². The maximum Gasteiger partial charge on any atom is 0.168 e. The molecule has 0 aliphatic carbocycles. The molecule has 4 rings (SSSR count). The topological polar surface area (TPSA) is 68.0 Å². The molecule has 122 valence electrons. The van der Waals surface area contributed by atoms with Gasteiger partial charge in [-0.05, 0) is 29.8 Å². The van der Waals surface area contributed by atoms with Crippen LogP contribution in [0.2, 0.25) is 5.02 Å². The zero-order valence-electron chi connectivity index (χ0n) is 13.0. The molecule has 2 aromatic heterocycles. The van der Waals surface area contributed by atoms with Crippen molar-refractivity contribution < 1.29 is 0 Å². The highest BCUT2D eigenvalue weighted by molar-refractivity contribution is 6.30. The number of aromatic nitrogens is 4. The second-order valence-corrected chi connectivity index (χ2v) is 5.71. The first-order valence-corrected chi connectivity index (χ1v) is 7.98. The van der Waals surface area contributed by atoms with Crippen LogP contribution in [0.15, 0.2) is 72.2 Å². The Morgan fingerprint density at radius 1 is 1.00 bits per heavy atom. The third-order valence-electron chi connectivity index (χ3n) is 3.62. The summed E-state index contributed by atoms with van der Waals surface area (Å²) in [6, 6.07) is 17.2. The van der Waals surface area contributed by atoms with Gasteiger partial charge in [-0.15, -0.1) is 0 Å². The second kappa shape index (κ2) is 6.70. The quantitative estimate of drug-likeness (QED) is 0.448. The highest BCUT2D eigenvalue weighted by Gasteiger charge is 2.10. The predicted octanol–water partition coefficient (Wildman–Crippen LogP) is 3.91. The molecule has 0 aliphatic heterocycles. The molecule has 0 saturated heterocycles. The summed E-state index contributed by atoms with van der Waals surface area (Å²) >= 11 is 5.87. The van der Waals surface area contributed by atoms with Gasteiger partial charge >= 0.3 is 0 Å². The molecule has 2 aromatic carbocycles. The number of rotatable bonds is 4. The molecule has 0 atom stereocenters. The van der Waals surface area contributed by atoms with Gasteiger partial charge in [0.1, 0.15) is 6.33 Å². The molecule has 25 heavy (non-hydrogen) atoms. The van der Waals surface area contributed by atoms with Crippen LogP contribution in [0.25, 0.3) is 16.7 Å². The Morgan fingerprint density at radius 3 is 2.60 bits per heavy atom. The summed E-state index contributed by atoms with van der Waals surface area (Å²) in [5.41, 5.74) is 5.53. The summed E-state index contributed by atoms with van der Waals surface area (Å²) in [5, 5.41) is 10.1. The van der Waals surface area contributed by atoms with Crippen LogP contribution in [0.4, 0.5) is 5.82 Å². The van der Waals surface area contributed by atoms with Crippen LogP contribution in [-0.2, 0) is 0 Å². The van der Waals surface area contributed by atoms with E-state index in [1.807, 2.05) is 54.6 Å². The van der Waals surface area contributed by atoms with Gasteiger partial charge in [-0.25, -0.2) is 14.6 Å². The number of fused-ring (bicyclic) bond motifs is 1. The Hall–Kier alpha value is -3.25. The number of benzene rings is 2. The molecule has 6 nitrogen and oxygen atoms in total. The molecule has 7 heteroatoms. The first-order valence-electron chi connectivity index (χ1n) is 7.60. The highest BCUT2D eigenvalue weighted by atomic mass is 35.5. The molecule has 0 saturated carbocycles. The Balaban J connectivity index is 1.62. The van der Waals surface area contributed by atoms with Crippen molar-refractivity contribution in [3.05, 3.63) is 77.7 Å². The maximum atomic E-state index is 5.87. The van der Waals surface area contributed by atoms with Gasteiger partial charge in [-0.3, -0.25) is 5.43 Å². The van der Waals surface area contributed by atoms with Gasteiger partial charge < -0.3 is 0 Å². The van der Waals surface area contributed by atoms with E-state index in [0.29, 0.717) is 16.5 Å². The first kappa shape index (κ1) is 15.3. The van der Waals surface area contributed by atoms with Gasteiger partial charge in [0, 0.05) is 5.02 Å². The number of hydrazone groups is 1. The fourth-order valence-electron chi connectivity index (χ4n) is 2.41. The van der Waals surface area contributed by atoms with Crippen molar-refractivity contribution in [3.63, 3.8) is 0 Å². The van der Waals surface area contributed by atoms with Crippen LogP contribution in [0.3, 0.4) is 0 Å². The van der Waals surface area contributed by atoms with E-state index in [0.717, 1.165) is 16.6 Å². The number of hydrogen-bond donors (Lipinski definition) is 1. The van der Waals surface area contributed by atoms with E-state index in [9.17, 15) is 0 Å². The Bertz CT molecular complexity index is 1020. The molecule has 0 radical (unpaired) electrons. The van der Waals surface area contributed by atoms with Crippen LogP contribution < -0.4 is 5.43 Å². The lowest BCUT2D eigenvalue weighted by molar-refractivity contribution is 0.895. The van der Waals surface area contributed by atoms with Gasteiger partial charge in [-0.2, -0.15) is 10.2 Å². The smallest absolute Gasteiger partial charge is 0.168 e. The molecule has 0 fully saturated rings. The molecule has 2 heterocycles. The number of anilines is 1. The van der Waals surface area contributed by atoms with Crippen molar-refractivity contribution in [3.8, 4) is 5.69 Å². The second-order valence-electron chi connectivity index (χ2n) is 5.27. The minimum Gasteiger partial charge on any atom is -0.261 e. The lowest BCUT2D eigenvalue weighted by Gasteiger charge is -2.03. The minimum absolute atomic E-state index is 0.595. The van der Waals surface area contributed by atoms with Crippen molar-refractivity contribution in [1.82, 2.24) is 19.7 Å². The maximum absolute atomic E-state index is 5.87. The van der Waals surface area contributed by atoms with E-state index in [1.54, 1.807) is 17.1 Å². The monoisotopic (exact) mass is 348 g/mol. The minimum atomic E-state index is 0.595. The van der Waals surface area contributed by atoms with Crippen molar-refractivity contribution in [2.75, 3.05) is 5.43 Å². The van der Waals surface area contributed by atoms with E-state index < -0.39 is 0 Å². The largest absolute Gasteiger partial charge is 0.261 e. The number of nitrogens with one attached hydrogen (secondary N) is 1. The predicted molar refractivity (Wildman–Crippen MR) is 99.3 cm³/mol. The van der Waals surface area contributed by atoms with Gasteiger partial charge in [0.15, 0.2) is 11.5 Å². The van der Waals surface area contributed by atoms with Gasteiger partial charge in [0.2, 0.25) is 0 Å². The van der Waals surface area contributed by atoms with E-state index in [4.69, 9.17) is 11.6 Å². The first-order chi connectivity index (χ1) is 12.3. The van der Waals surface area contributed by atoms with Crippen molar-refractivity contribution in [1.29, 1.82) is 0 Å². The van der Waals surface area contributed by atoms with Crippen LogP contribution >= 0.6 is 11.6 Å². The average molecular weight is 349 g/mol. The molecule has 0 aliphatic rings. The average Bonchev–Trinajstić information content (AvgIpc) is 3.09. The molecule has 0 bridgehead atoms. The number of halogens is 1. The summed E-state index contributed by atoms with van der Waals surface area (Å²) < 4.78 is 1.77. The third-order valence-corrected chi connectivity index (χ3v) is 3.87. The fraction of sp³-hybridized carbons (Fsp3) is 0. The molecular formula is C18H13ClN6. The van der Waals surface area contributed by atoms with Crippen LogP contribution in [0, 0.1) is 0 Å². The zero-order valence-corrected chi connectivity index (χ0v) is 13.8. The van der Waals surface area contributed by atoms with Crippen LogP contribution in [0.1, 0.15) is 5.56 Å². The van der Waals surface area contributed by atoms with Crippen LogP contribution in [-0.4, -0.2) is 26.0 Å². The highest BCUT2D eigenvalue weighted by Crippen LogP contribution is 2.21. The third kappa shape index (κ3) is 3.20. The lowest BCUT2D eigenvalue weighted by Crippen LogP contribution is -1.99. The summed E-state index contributed by atoms with van der Waals surface area (Å²) in [7, 11) is 0. The molecule has 1 N–H and O–H groups in total. The summed E-state index contributed by atoms with van der Waals surface area (Å²) in [6.07, 6.45) is 4.91. The molecular weight excluding hydrogens is 336 g/mol.